The van der Waals surface area contributed by atoms with E-state index in [-0.39, 0.29) is 12.0 Å². The molecule has 2 aromatic carbocycles. The van der Waals surface area contributed by atoms with Crippen LogP contribution >= 0.6 is 23.1 Å². The van der Waals surface area contributed by atoms with E-state index in [1.807, 2.05) is 37.5 Å². The van der Waals surface area contributed by atoms with Gasteiger partial charge in [0.15, 0.2) is 0 Å². The minimum absolute atomic E-state index is 0.168. The molecule has 0 saturated carbocycles. The van der Waals surface area contributed by atoms with E-state index in [4.69, 9.17) is 9.72 Å². The molecule has 12 nitrogen and oxygen atoms in total. The van der Waals surface area contributed by atoms with Gasteiger partial charge in [0.2, 0.25) is 5.95 Å². The highest BCUT2D eigenvalue weighted by Crippen LogP contribution is 2.43. The largest absolute Gasteiger partial charge is 0.494 e. The van der Waals surface area contributed by atoms with Crippen LogP contribution in [-0.2, 0) is 11.6 Å². The number of aryl methyl sites for hydroxylation is 1. The molecule has 51 heavy (non-hydrogen) atoms. The molecular weight excluding hydrogens is 748 g/mol. The van der Waals surface area contributed by atoms with Crippen molar-refractivity contribution in [3.05, 3.63) is 59.7 Å². The number of hydrogen-bond donors (Lipinski definition) is 2. The van der Waals surface area contributed by atoms with E-state index in [1.165, 1.54) is 4.90 Å². The third kappa shape index (κ3) is 7.82. The fourth-order valence-corrected chi connectivity index (χ4v) is 8.14. The van der Waals surface area contributed by atoms with Crippen molar-refractivity contribution in [1.82, 2.24) is 34.6 Å². The Kier molecular flexibility index (Phi) is 10.8. The normalized spacial score (nSPS) is 14.8. The summed E-state index contributed by atoms with van der Waals surface area (Å²) in [5.74, 6) is 1.23. The number of nitrogens with one attached hydrogen (secondary N) is 2. The minimum atomic E-state index is -2.81. The van der Waals surface area contributed by atoms with Crippen LogP contribution in [0.25, 0.3) is 22.2 Å². The van der Waals surface area contributed by atoms with Gasteiger partial charge in [-0.15, -0.1) is 0 Å². The molecule has 3 aromatic heterocycles. The molecule has 0 spiro atoms. The number of benzene rings is 2. The molecular formula is C34H39BrF3N10O2P. The van der Waals surface area contributed by atoms with Crippen molar-refractivity contribution in [3.63, 3.8) is 0 Å². The molecule has 1 atom stereocenters. The molecule has 1 aliphatic rings. The van der Waals surface area contributed by atoms with Crippen LogP contribution in [0.1, 0.15) is 12.8 Å². The first kappa shape index (κ1) is 36.5. The minimum Gasteiger partial charge on any atom is -0.494 e. The second kappa shape index (κ2) is 15.1. The lowest BCUT2D eigenvalue weighted by molar-refractivity contribution is 0.000705. The summed E-state index contributed by atoms with van der Waals surface area (Å²) >= 11 is 3.55. The zero-order valence-electron chi connectivity index (χ0n) is 28.8. The number of anilines is 5. The Hall–Kier alpha value is -4.27. The van der Waals surface area contributed by atoms with Crippen LogP contribution in [0.2, 0.25) is 0 Å². The molecule has 5 aromatic rings. The first-order valence-electron chi connectivity index (χ1n) is 16.3. The zero-order chi connectivity index (χ0) is 36.4. The smallest absolute Gasteiger partial charge is 0.256 e. The van der Waals surface area contributed by atoms with Gasteiger partial charge in [0.25, 0.3) is 6.43 Å². The van der Waals surface area contributed by atoms with Crippen molar-refractivity contribution < 1.29 is 22.5 Å². The van der Waals surface area contributed by atoms with E-state index >= 15 is 0 Å². The molecule has 1 aliphatic heterocycles. The molecule has 0 amide bonds. The highest BCUT2D eigenvalue weighted by molar-refractivity contribution is 9.10. The molecule has 6 rings (SSSR count). The maximum absolute atomic E-state index is 13.5. The maximum Gasteiger partial charge on any atom is 0.256 e. The first-order valence-corrected chi connectivity index (χ1v) is 19.6. The highest BCUT2D eigenvalue weighted by atomic mass is 79.9. The highest BCUT2D eigenvalue weighted by Gasteiger charge is 2.33. The van der Waals surface area contributed by atoms with Crippen LogP contribution in [0.15, 0.2) is 59.7 Å². The van der Waals surface area contributed by atoms with Crippen molar-refractivity contribution >= 4 is 68.2 Å². The summed E-state index contributed by atoms with van der Waals surface area (Å²) in [7, 11) is 2.18. The molecule has 1 saturated heterocycles. The Morgan fingerprint density at radius 2 is 1.82 bits per heavy atom. The quantitative estimate of drug-likeness (QED) is 0.129. The molecule has 1 fully saturated rings. The van der Waals surface area contributed by atoms with Crippen LogP contribution in [0, 0.1) is 0 Å². The average Bonchev–Trinajstić information content (AvgIpc) is 3.55. The Bertz CT molecular complexity index is 2070. The van der Waals surface area contributed by atoms with E-state index in [1.54, 1.807) is 57.0 Å². The number of piperidine rings is 1. The predicted molar refractivity (Wildman–Crippen MR) is 199 cm³/mol. The number of halogens is 4. The summed E-state index contributed by atoms with van der Waals surface area (Å²) in [4.78, 5) is 21.8. The lowest BCUT2D eigenvalue weighted by Crippen LogP contribution is -2.50. The Balaban J connectivity index is 1.31. The number of alkyl halides is 3. The second-order valence-corrected chi connectivity index (χ2v) is 16.8. The zero-order valence-corrected chi connectivity index (χ0v) is 31.3. The van der Waals surface area contributed by atoms with Crippen molar-refractivity contribution in [2.24, 2.45) is 7.05 Å². The number of methoxy groups -OCH3 is 1. The number of hydrogen-bond acceptors (Lipinski definition) is 11. The van der Waals surface area contributed by atoms with Crippen LogP contribution in [0.4, 0.5) is 42.0 Å². The van der Waals surface area contributed by atoms with Gasteiger partial charge in [0, 0.05) is 73.8 Å². The third-order valence-electron chi connectivity index (χ3n) is 9.08. The fourth-order valence-electron chi connectivity index (χ4n) is 6.46. The van der Waals surface area contributed by atoms with Gasteiger partial charge >= 0.3 is 0 Å². The summed E-state index contributed by atoms with van der Waals surface area (Å²) in [6.45, 7) is 3.45. The van der Waals surface area contributed by atoms with E-state index in [0.29, 0.717) is 69.7 Å². The fraction of sp³-hybridized carbons (Fsp3) is 0.382. The van der Waals surface area contributed by atoms with E-state index < -0.39 is 26.3 Å². The lowest BCUT2D eigenvalue weighted by Gasteiger charge is -2.40. The monoisotopic (exact) mass is 786 g/mol. The summed E-state index contributed by atoms with van der Waals surface area (Å²) in [6, 6.07) is 5.92. The molecule has 17 heteroatoms. The third-order valence-corrected chi connectivity index (χ3v) is 11.2. The van der Waals surface area contributed by atoms with Crippen LogP contribution in [-0.4, -0.2) is 100 Å². The second-order valence-electron chi connectivity index (χ2n) is 12.8. The van der Waals surface area contributed by atoms with E-state index in [0.717, 1.165) is 16.8 Å². The van der Waals surface area contributed by atoms with Gasteiger partial charge < -0.3 is 24.8 Å². The van der Waals surface area contributed by atoms with Gasteiger partial charge in [-0.2, -0.15) is 10.1 Å². The summed E-state index contributed by atoms with van der Waals surface area (Å²) in [5, 5.41) is 11.6. The van der Waals surface area contributed by atoms with Gasteiger partial charge in [-0.3, -0.25) is 19.5 Å². The molecule has 0 radical (unpaired) electrons. The number of fused-ring (bicyclic) bond motifs is 1. The standard InChI is InChI=1S/C34H39BrF3N10O2P/c1-46-19-20(17-42-46)22-14-26(29(50-3)15-27(22)48-12-8-21(9-13-48)47(2)28(16-36)32(37)38)44-34-41-18-23(35)33(45-34)43-25-7-6-24-30(40-11-10-39-24)31(25)51(4,5)49/h6-7,10-11,14-15,17-19,21,28,32H,8-9,12-13,16H2,1-5H3,(H2,41,43,44,45). The molecule has 0 bridgehead atoms. The molecule has 0 aliphatic carbocycles. The van der Waals surface area contributed by atoms with Gasteiger partial charge in [-0.1, -0.05) is 0 Å². The van der Waals surface area contributed by atoms with Crippen molar-refractivity contribution in [3.8, 4) is 16.9 Å². The maximum atomic E-state index is 13.5. The topological polar surface area (TPSA) is 126 Å². The SMILES string of the molecule is COc1cc(N2CCC(N(C)C(CF)C(F)F)CC2)c(-c2cnn(C)c2)cc1Nc1ncc(Br)c(Nc2ccc3nccnc3c2P(C)(C)=O)n1. The van der Waals surface area contributed by atoms with Crippen LogP contribution in [0.3, 0.4) is 0 Å². The Labute approximate surface area is 302 Å². The molecule has 4 heterocycles. The van der Waals surface area contributed by atoms with E-state index in [9.17, 15) is 17.7 Å². The van der Waals surface area contributed by atoms with Gasteiger partial charge in [0.05, 0.1) is 46.0 Å². The summed E-state index contributed by atoms with van der Waals surface area (Å²) in [5.41, 5.74) is 5.00. The summed E-state index contributed by atoms with van der Waals surface area (Å²) < 4.78 is 62.0. The van der Waals surface area contributed by atoms with E-state index in [2.05, 4.69) is 51.5 Å². The van der Waals surface area contributed by atoms with Crippen LogP contribution < -0.4 is 25.6 Å². The molecule has 2 N–H and O–H groups in total. The number of nitrogens with zero attached hydrogens (tertiary/aromatic N) is 8. The van der Waals surface area contributed by atoms with Crippen LogP contribution in [0.5, 0.6) is 5.75 Å². The lowest BCUT2D eigenvalue weighted by atomic mass is 9.98. The van der Waals surface area contributed by atoms with Gasteiger partial charge in [-0.25, -0.2) is 18.2 Å². The number of aromatic nitrogens is 6. The molecule has 270 valence electrons. The van der Waals surface area contributed by atoms with Gasteiger partial charge in [-0.05, 0) is 67.3 Å². The summed E-state index contributed by atoms with van der Waals surface area (Å²) in [6.07, 6.45) is 6.90. The van der Waals surface area contributed by atoms with Crippen molar-refractivity contribution in [1.29, 1.82) is 0 Å². The number of rotatable bonds is 12. The Morgan fingerprint density at radius 1 is 1.08 bits per heavy atom. The first-order chi connectivity index (χ1) is 24.4. The number of ether oxygens (including phenoxy) is 1. The van der Waals surface area contributed by atoms with Crippen molar-refractivity contribution in [2.75, 3.05) is 62.8 Å². The average molecular weight is 788 g/mol. The Morgan fingerprint density at radius 3 is 2.47 bits per heavy atom. The van der Waals surface area contributed by atoms with Gasteiger partial charge in [0.1, 0.15) is 30.9 Å². The molecule has 1 unspecified atom stereocenters. The van der Waals surface area contributed by atoms with Crippen molar-refractivity contribution in [2.45, 2.75) is 31.4 Å². The predicted octanol–water partition coefficient (Wildman–Crippen LogP) is 6.83.